The minimum Gasteiger partial charge on any atom is -0.346 e. The van der Waals surface area contributed by atoms with Crippen LogP contribution in [0, 0.1) is 0 Å². The van der Waals surface area contributed by atoms with Gasteiger partial charge in [-0.1, -0.05) is 19.6 Å². The molecule has 0 aromatic heterocycles. The molecule has 0 bridgehead atoms. The average molecular weight is 171 g/mol. The fourth-order valence-electron chi connectivity index (χ4n) is 1.44. The van der Waals surface area contributed by atoms with Crippen LogP contribution in [-0.2, 0) is 4.79 Å². The van der Waals surface area contributed by atoms with Gasteiger partial charge >= 0.3 is 0 Å². The first-order valence-corrected chi connectivity index (χ1v) is 7.97. The highest BCUT2D eigenvalue weighted by Crippen LogP contribution is 2.13. The summed E-state index contributed by atoms with van der Waals surface area (Å²) in [5.74, 6) is 0.368. The van der Waals surface area contributed by atoms with Gasteiger partial charge < -0.3 is 4.90 Å². The first kappa shape index (κ1) is 8.78. The van der Waals surface area contributed by atoms with E-state index >= 15 is 0 Å². The standard InChI is InChI=1S/C8H17NOSi/c1-11(2,3)7-9-6-4-5-8(9)10/h4-7H2,1-3H3. The van der Waals surface area contributed by atoms with Crippen LogP contribution in [0.4, 0.5) is 0 Å². The summed E-state index contributed by atoms with van der Waals surface area (Å²) in [6.07, 6.45) is 2.90. The topological polar surface area (TPSA) is 20.3 Å². The largest absolute Gasteiger partial charge is 0.346 e. The molecule has 0 radical (unpaired) electrons. The fourth-order valence-corrected chi connectivity index (χ4v) is 2.92. The van der Waals surface area contributed by atoms with Gasteiger partial charge in [0.2, 0.25) is 5.91 Å². The van der Waals surface area contributed by atoms with Crippen LogP contribution in [-0.4, -0.2) is 31.6 Å². The molecule has 1 saturated heterocycles. The summed E-state index contributed by atoms with van der Waals surface area (Å²) >= 11 is 0. The number of likely N-dealkylation sites (tertiary alicyclic amines) is 1. The molecule has 0 saturated carbocycles. The highest BCUT2D eigenvalue weighted by atomic mass is 28.3. The quantitative estimate of drug-likeness (QED) is 0.576. The molecule has 1 aliphatic rings. The highest BCUT2D eigenvalue weighted by molar-refractivity contribution is 6.76. The van der Waals surface area contributed by atoms with Gasteiger partial charge in [-0.2, -0.15) is 0 Å². The smallest absolute Gasteiger partial charge is 0.222 e. The third kappa shape index (κ3) is 2.65. The van der Waals surface area contributed by atoms with Crippen molar-refractivity contribution in [3.63, 3.8) is 0 Å². The van der Waals surface area contributed by atoms with Crippen molar-refractivity contribution in [1.29, 1.82) is 0 Å². The predicted molar refractivity (Wildman–Crippen MR) is 49.2 cm³/mol. The first-order chi connectivity index (χ1) is 4.99. The fraction of sp³-hybridized carbons (Fsp3) is 0.875. The van der Waals surface area contributed by atoms with Gasteiger partial charge in [0.05, 0.1) is 8.07 Å². The Morgan fingerprint density at radius 2 is 2.09 bits per heavy atom. The lowest BCUT2D eigenvalue weighted by Crippen LogP contribution is -2.40. The van der Waals surface area contributed by atoms with Crippen molar-refractivity contribution >= 4 is 14.0 Å². The van der Waals surface area contributed by atoms with Crippen molar-refractivity contribution in [3.8, 4) is 0 Å². The van der Waals surface area contributed by atoms with Crippen LogP contribution in [0.5, 0.6) is 0 Å². The number of amides is 1. The molecule has 1 fully saturated rings. The second-order valence-corrected chi connectivity index (χ2v) is 9.92. The van der Waals surface area contributed by atoms with E-state index in [0.29, 0.717) is 5.91 Å². The summed E-state index contributed by atoms with van der Waals surface area (Å²) in [7, 11) is -1.06. The Morgan fingerprint density at radius 1 is 1.45 bits per heavy atom. The van der Waals surface area contributed by atoms with E-state index in [9.17, 15) is 4.79 Å². The Morgan fingerprint density at radius 3 is 2.45 bits per heavy atom. The van der Waals surface area contributed by atoms with Crippen LogP contribution >= 0.6 is 0 Å². The Labute approximate surface area is 69.6 Å². The van der Waals surface area contributed by atoms with Gasteiger partial charge in [0.25, 0.3) is 0 Å². The van der Waals surface area contributed by atoms with Crippen LogP contribution in [0.15, 0.2) is 0 Å². The highest BCUT2D eigenvalue weighted by Gasteiger charge is 2.25. The van der Waals surface area contributed by atoms with Crippen LogP contribution in [0.3, 0.4) is 0 Å². The van der Waals surface area contributed by atoms with Crippen molar-refractivity contribution in [2.45, 2.75) is 32.5 Å². The predicted octanol–water partition coefficient (Wildman–Crippen LogP) is 1.49. The normalized spacial score (nSPS) is 19.5. The van der Waals surface area contributed by atoms with Crippen molar-refractivity contribution in [3.05, 3.63) is 0 Å². The average Bonchev–Trinajstić information content (AvgIpc) is 2.12. The third-order valence-corrected chi connectivity index (χ3v) is 3.17. The number of hydrogen-bond donors (Lipinski definition) is 0. The minimum absolute atomic E-state index is 0.368. The molecule has 0 aromatic rings. The first-order valence-electron chi connectivity index (χ1n) is 4.27. The van der Waals surface area contributed by atoms with Crippen LogP contribution < -0.4 is 0 Å². The van der Waals surface area contributed by atoms with Crippen molar-refractivity contribution < 1.29 is 4.79 Å². The second kappa shape index (κ2) is 2.97. The Bertz CT molecular complexity index is 162. The maximum Gasteiger partial charge on any atom is 0.222 e. The molecule has 0 aliphatic carbocycles. The van der Waals surface area contributed by atoms with Crippen molar-refractivity contribution in [1.82, 2.24) is 4.90 Å². The maximum atomic E-state index is 11.2. The molecule has 2 nitrogen and oxygen atoms in total. The SMILES string of the molecule is C[Si](C)(C)CN1CCCC1=O. The lowest BCUT2D eigenvalue weighted by atomic mass is 10.4. The number of carbonyl (C=O) groups excluding carboxylic acids is 1. The molecule has 0 aromatic carbocycles. The van der Waals surface area contributed by atoms with E-state index in [-0.39, 0.29) is 0 Å². The van der Waals surface area contributed by atoms with Crippen molar-refractivity contribution in [2.24, 2.45) is 0 Å². The van der Waals surface area contributed by atoms with E-state index in [1.807, 2.05) is 4.90 Å². The maximum absolute atomic E-state index is 11.2. The zero-order valence-electron chi connectivity index (χ0n) is 7.68. The van der Waals surface area contributed by atoms with Crippen LogP contribution in [0.2, 0.25) is 19.6 Å². The zero-order valence-corrected chi connectivity index (χ0v) is 8.68. The third-order valence-electron chi connectivity index (χ3n) is 1.84. The van der Waals surface area contributed by atoms with Gasteiger partial charge in [0.15, 0.2) is 0 Å². The molecular formula is C8H17NOSi. The van der Waals surface area contributed by atoms with Gasteiger partial charge in [-0.25, -0.2) is 0 Å². The summed E-state index contributed by atoms with van der Waals surface area (Å²) < 4.78 is 0. The molecule has 0 unspecified atom stereocenters. The summed E-state index contributed by atoms with van der Waals surface area (Å²) in [5.41, 5.74) is 0. The molecule has 3 heteroatoms. The Hall–Kier alpha value is -0.313. The summed E-state index contributed by atoms with van der Waals surface area (Å²) in [5, 5.41) is 0. The summed E-state index contributed by atoms with van der Waals surface area (Å²) in [6.45, 7) is 7.92. The Kier molecular flexibility index (Phi) is 2.37. The summed E-state index contributed by atoms with van der Waals surface area (Å²) in [4.78, 5) is 13.2. The molecule has 11 heavy (non-hydrogen) atoms. The van der Waals surface area contributed by atoms with E-state index in [1.54, 1.807) is 0 Å². The molecule has 1 amide bonds. The zero-order chi connectivity index (χ0) is 8.48. The van der Waals surface area contributed by atoms with E-state index in [2.05, 4.69) is 19.6 Å². The van der Waals surface area contributed by atoms with E-state index in [4.69, 9.17) is 0 Å². The molecule has 1 heterocycles. The minimum atomic E-state index is -1.06. The lowest BCUT2D eigenvalue weighted by Gasteiger charge is -2.24. The van der Waals surface area contributed by atoms with Crippen LogP contribution in [0.1, 0.15) is 12.8 Å². The second-order valence-electron chi connectivity index (χ2n) is 4.48. The molecule has 1 aliphatic heterocycles. The van der Waals surface area contributed by atoms with Crippen molar-refractivity contribution in [2.75, 3.05) is 12.7 Å². The molecular weight excluding hydrogens is 154 g/mol. The van der Waals surface area contributed by atoms with E-state index < -0.39 is 8.07 Å². The van der Waals surface area contributed by atoms with Gasteiger partial charge in [0.1, 0.15) is 0 Å². The molecule has 64 valence electrons. The molecule has 0 atom stereocenters. The number of hydrogen-bond acceptors (Lipinski definition) is 1. The molecule has 1 rings (SSSR count). The van der Waals surface area contributed by atoms with Gasteiger partial charge in [0, 0.05) is 19.1 Å². The lowest BCUT2D eigenvalue weighted by molar-refractivity contribution is -0.127. The van der Waals surface area contributed by atoms with E-state index in [0.717, 1.165) is 25.6 Å². The van der Waals surface area contributed by atoms with E-state index in [1.165, 1.54) is 0 Å². The number of rotatable bonds is 2. The Balaban J connectivity index is 2.43. The number of nitrogens with zero attached hydrogens (tertiary/aromatic N) is 1. The van der Waals surface area contributed by atoms with Crippen LogP contribution in [0.25, 0.3) is 0 Å². The van der Waals surface area contributed by atoms with Gasteiger partial charge in [-0.3, -0.25) is 4.79 Å². The monoisotopic (exact) mass is 171 g/mol. The van der Waals surface area contributed by atoms with Gasteiger partial charge in [-0.05, 0) is 6.42 Å². The number of carbonyl (C=O) groups is 1. The summed E-state index contributed by atoms with van der Waals surface area (Å²) in [6, 6.07) is 0. The molecule has 0 N–H and O–H groups in total. The van der Waals surface area contributed by atoms with Gasteiger partial charge in [-0.15, -0.1) is 0 Å². The molecule has 0 spiro atoms.